The SMILES string of the molecule is [C-]#[N+]CCOP(OCCCCSSC([CH2-])(C)C)N(C(C)C)C(C)C.[CH2-]COc1ccc2c(c1)CCC1C2CCC2(C)C(OCCCOC(C(F)(F)F)(C(F)(F)F)C(F)(F)F)CCC12.[U+2]. The van der Waals surface area contributed by atoms with Gasteiger partial charge in [0.25, 0.3) is 8.53 Å². The fourth-order valence-corrected chi connectivity index (χ4v) is 13.0. The molecule has 3 aliphatic rings. The predicted molar refractivity (Wildman–Crippen MR) is 234 cm³/mol. The van der Waals surface area contributed by atoms with E-state index in [-0.39, 0.29) is 54.0 Å². The second-order valence-corrected chi connectivity index (χ2v) is 22.3. The first kappa shape index (κ1) is 60.0. The van der Waals surface area contributed by atoms with Crippen LogP contribution in [-0.4, -0.2) is 97.1 Å². The molecule has 0 spiro atoms. The molecule has 3 aliphatic carbocycles. The van der Waals surface area contributed by atoms with Gasteiger partial charge in [-0.25, -0.2) is 11.2 Å². The van der Waals surface area contributed by atoms with Crippen molar-refractivity contribution in [1.29, 1.82) is 0 Å². The van der Waals surface area contributed by atoms with E-state index in [1.165, 1.54) is 11.1 Å². The van der Waals surface area contributed by atoms with Gasteiger partial charge in [0.2, 0.25) is 6.54 Å². The molecule has 2 fully saturated rings. The van der Waals surface area contributed by atoms with E-state index in [9.17, 15) is 39.5 Å². The van der Waals surface area contributed by atoms with Crippen LogP contribution in [0.1, 0.15) is 117 Å². The van der Waals surface area contributed by atoms with E-state index in [1.807, 2.05) is 27.7 Å². The van der Waals surface area contributed by atoms with E-state index in [0.717, 1.165) is 56.4 Å². The van der Waals surface area contributed by atoms with E-state index in [4.69, 9.17) is 25.1 Å². The van der Waals surface area contributed by atoms with E-state index in [2.05, 4.69) is 88.7 Å². The van der Waals surface area contributed by atoms with Crippen molar-refractivity contribution in [3.63, 3.8) is 0 Å². The van der Waals surface area contributed by atoms with Crippen molar-refractivity contribution in [1.82, 2.24) is 4.67 Å². The summed E-state index contributed by atoms with van der Waals surface area (Å²) >= 11 is 0. The minimum atomic E-state index is -6.73. The van der Waals surface area contributed by atoms with Crippen molar-refractivity contribution in [2.45, 2.75) is 159 Å². The first-order valence-corrected chi connectivity index (χ1v) is 25.0. The molecule has 0 aliphatic heterocycles. The quantitative estimate of drug-likeness (QED) is 0.0374. The summed E-state index contributed by atoms with van der Waals surface area (Å²) in [7, 11) is 2.62. The van der Waals surface area contributed by atoms with Crippen molar-refractivity contribution in [2.75, 3.05) is 45.3 Å². The molecule has 1 aromatic rings. The molecule has 0 heterocycles. The fraction of sp³-hybridized carbons (Fsp3) is 0.795. The average Bonchev–Trinajstić information content (AvgIpc) is 3.49. The molecular formula is C44H66F9N2O5PS2U. The van der Waals surface area contributed by atoms with Gasteiger partial charge >= 0.3 is 55.2 Å². The predicted octanol–water partition coefficient (Wildman–Crippen LogP) is 14.0. The second kappa shape index (κ2) is 26.2. The molecule has 0 radical (unpaired) electrons. The van der Waals surface area contributed by atoms with Gasteiger partial charge in [-0.2, -0.15) is 39.5 Å². The molecule has 0 aromatic heterocycles. The van der Waals surface area contributed by atoms with Gasteiger partial charge in [-0.15, -0.1) is 15.5 Å². The Morgan fingerprint density at radius 2 is 1.50 bits per heavy atom. The first-order chi connectivity index (χ1) is 29.3. The summed E-state index contributed by atoms with van der Waals surface area (Å²) in [6.45, 7) is 29.8. The van der Waals surface area contributed by atoms with E-state index in [1.54, 1.807) is 0 Å². The number of benzene rings is 1. The number of nitrogens with zero attached hydrogens (tertiary/aromatic N) is 2. The van der Waals surface area contributed by atoms with Crippen LogP contribution in [0.3, 0.4) is 0 Å². The third-order valence-corrected chi connectivity index (χ3v) is 17.1. The molecule has 6 unspecified atom stereocenters. The number of hydrogen-bond donors (Lipinski definition) is 0. The van der Waals surface area contributed by atoms with E-state index in [0.29, 0.717) is 62.6 Å². The van der Waals surface area contributed by atoms with Crippen LogP contribution in [0.2, 0.25) is 0 Å². The topological polar surface area (TPSA) is 53.8 Å². The zero-order valence-electron chi connectivity index (χ0n) is 38.0. The van der Waals surface area contributed by atoms with Gasteiger partial charge in [-0.1, -0.05) is 37.6 Å². The summed E-state index contributed by atoms with van der Waals surface area (Å²) in [5.74, 6) is 3.03. The van der Waals surface area contributed by atoms with Crippen molar-refractivity contribution in [2.24, 2.45) is 17.3 Å². The molecule has 0 saturated heterocycles. The second-order valence-electron chi connectivity index (χ2n) is 17.7. The van der Waals surface area contributed by atoms with Gasteiger partial charge in [0, 0.05) is 24.4 Å². The molecule has 0 bridgehead atoms. The monoisotopic (exact) mass is 1210 g/mol. The molecule has 1 aromatic carbocycles. The maximum atomic E-state index is 13.0. The summed E-state index contributed by atoms with van der Waals surface area (Å²) in [6, 6.07) is 6.85. The molecule has 0 N–H and O–H groups in total. The Morgan fingerprint density at radius 3 is 2.06 bits per heavy atom. The van der Waals surface area contributed by atoms with E-state index < -0.39 is 45.7 Å². The fourth-order valence-electron chi connectivity index (χ4n) is 9.14. The third-order valence-electron chi connectivity index (χ3n) is 11.8. The Labute approximate surface area is 408 Å². The largest absolute Gasteiger partial charge is 2.00 e. The molecule has 7 nitrogen and oxygen atoms in total. The number of aryl methyl sites for hydroxylation is 1. The van der Waals surface area contributed by atoms with Crippen LogP contribution in [0, 0.1) is 68.8 Å². The molecule has 4 rings (SSSR count). The van der Waals surface area contributed by atoms with Gasteiger partial charge in [-0.05, 0) is 139 Å². The number of fused-ring (bicyclic) bond motifs is 5. The van der Waals surface area contributed by atoms with Crippen molar-refractivity contribution in [3.8, 4) is 5.75 Å². The Bertz CT molecular complexity index is 1540. The number of halogens is 9. The molecule has 6 atom stereocenters. The number of unbranched alkanes of at least 4 members (excludes halogenated alkanes) is 1. The Balaban J connectivity index is 0.000000489. The van der Waals surface area contributed by atoms with Gasteiger partial charge in [0.05, 0.1) is 19.3 Å². The van der Waals surface area contributed by atoms with Crippen LogP contribution < -0.4 is 4.74 Å². The molecule has 64 heavy (non-hydrogen) atoms. The van der Waals surface area contributed by atoms with E-state index >= 15 is 0 Å². The minimum Gasteiger partial charge on any atom is -0.525 e. The molecule has 20 heteroatoms. The first-order valence-electron chi connectivity index (χ1n) is 21.6. The molecular weight excluding hydrogens is 1140 g/mol. The van der Waals surface area contributed by atoms with Crippen molar-refractivity contribution >= 4 is 30.1 Å². The number of rotatable bonds is 22. The van der Waals surface area contributed by atoms with Crippen molar-refractivity contribution < 1.29 is 93.9 Å². The summed E-state index contributed by atoms with van der Waals surface area (Å²) in [5.41, 5.74) is -3.89. The Kier molecular flexibility index (Phi) is 24.5. The summed E-state index contributed by atoms with van der Waals surface area (Å²) in [6.07, 6.45) is -13.7. The van der Waals surface area contributed by atoms with Gasteiger partial charge in [0.15, 0.2) is 0 Å². The maximum Gasteiger partial charge on any atom is 2.00 e. The number of hydrogen-bond acceptors (Lipinski definition) is 8. The third kappa shape index (κ3) is 15.9. The normalized spacial score (nSPS) is 23.1. The zero-order valence-corrected chi connectivity index (χ0v) is 44.7. The van der Waals surface area contributed by atoms with Crippen LogP contribution in [0.15, 0.2) is 18.2 Å². The van der Waals surface area contributed by atoms with Gasteiger partial charge in [0.1, 0.15) is 12.4 Å². The standard InChI is InChI=1S/C27H32F9O3.C17H34N2O2PS2.U/c1-3-37-17-6-8-18-16(15-17)5-7-20-19(18)11-12-23(2)21(20)9-10-22(23)38-13-4-14-39-24(25(28,29)30,26(31,32)33)27(34,35)36;1-15(2)19(16(3)4)22(21-13-11-18-8)20-12-9-10-14-23-24-17(5,6)7;/h6,8,15,19-22H,1,3-5,7,9-14H2,2H3;15-16H,5,9-14H2,1-4,6-7H3;/q2*-1;+2. The zero-order chi connectivity index (χ0) is 47.4. The summed E-state index contributed by atoms with van der Waals surface area (Å²) in [5, 5.41) is 0. The molecule has 366 valence electrons. The average molecular weight is 1210 g/mol. The Morgan fingerprint density at radius 1 is 0.875 bits per heavy atom. The molecule has 0 amide bonds. The smallest absolute Gasteiger partial charge is 0.525 e. The van der Waals surface area contributed by atoms with Crippen LogP contribution in [0.25, 0.3) is 4.85 Å². The minimum absolute atomic E-state index is 0. The van der Waals surface area contributed by atoms with Gasteiger partial charge in [-0.3, -0.25) is 0 Å². The van der Waals surface area contributed by atoms with Crippen LogP contribution in [-0.2, 0) is 24.9 Å². The molecule has 2 saturated carbocycles. The number of alkyl halides is 9. The number of ether oxygens (including phenoxy) is 3. The van der Waals surface area contributed by atoms with Crippen LogP contribution in [0.5, 0.6) is 5.75 Å². The van der Waals surface area contributed by atoms with Crippen molar-refractivity contribution in [3.05, 3.63) is 54.6 Å². The van der Waals surface area contributed by atoms with Crippen LogP contribution >= 0.6 is 30.1 Å². The summed E-state index contributed by atoms with van der Waals surface area (Å²) in [4.78, 5) is 3.36. The Hall–Kier alpha value is -0.138. The summed E-state index contributed by atoms with van der Waals surface area (Å²) < 4.78 is 147. The van der Waals surface area contributed by atoms with Gasteiger partial charge < -0.3 is 42.0 Å². The maximum absolute atomic E-state index is 13.0. The van der Waals surface area contributed by atoms with Crippen LogP contribution in [0.4, 0.5) is 39.5 Å².